The van der Waals surface area contributed by atoms with Crippen molar-refractivity contribution in [2.75, 3.05) is 59.0 Å². The normalized spacial score (nSPS) is 22.7. The molecule has 0 spiro atoms. The number of hydrogen-bond donors (Lipinski definition) is 0. The van der Waals surface area contributed by atoms with Gasteiger partial charge in [0.1, 0.15) is 0 Å². The minimum absolute atomic E-state index is 0.476. The van der Waals surface area contributed by atoms with Crippen LogP contribution in [0.2, 0.25) is 0 Å². The van der Waals surface area contributed by atoms with Crippen molar-refractivity contribution in [2.24, 2.45) is 0 Å². The number of piperazine rings is 1. The average molecular weight is 374 g/mol. The Morgan fingerprint density at radius 1 is 0.963 bits per heavy atom. The topological polar surface area (TPSA) is 19.0 Å². The lowest BCUT2D eigenvalue weighted by molar-refractivity contribution is 0.0479. The standard InChI is InChI=1S/C23H39N3O/c1-4-24-12-10-23(19-24)27-17-5-11-25-13-15-26(16-14-25)18-21-6-8-22(9-7-21)20(2)3/h6-9,20,23H,4-5,10-19H2,1-3H3/t23-/m1/s1. The van der Waals surface area contributed by atoms with Crippen LogP contribution < -0.4 is 0 Å². The summed E-state index contributed by atoms with van der Waals surface area (Å²) in [6, 6.07) is 9.20. The van der Waals surface area contributed by atoms with Crippen LogP contribution in [0.15, 0.2) is 24.3 Å². The van der Waals surface area contributed by atoms with E-state index in [4.69, 9.17) is 4.74 Å². The van der Waals surface area contributed by atoms with E-state index in [1.807, 2.05) is 0 Å². The Bertz CT molecular complexity index is 537. The number of likely N-dealkylation sites (N-methyl/N-ethyl adjacent to an activating group) is 1. The molecule has 4 nitrogen and oxygen atoms in total. The molecule has 1 atom stereocenters. The van der Waals surface area contributed by atoms with Crippen molar-refractivity contribution in [3.63, 3.8) is 0 Å². The van der Waals surface area contributed by atoms with Gasteiger partial charge in [-0.15, -0.1) is 0 Å². The van der Waals surface area contributed by atoms with Crippen molar-refractivity contribution in [2.45, 2.75) is 52.2 Å². The first-order valence-electron chi connectivity index (χ1n) is 11.0. The SMILES string of the molecule is CCN1CC[C@@H](OCCCN2CCN(Cc3ccc(C(C)C)cc3)CC2)C1. The fourth-order valence-electron chi connectivity index (χ4n) is 4.20. The van der Waals surface area contributed by atoms with Crippen LogP contribution in [-0.4, -0.2) is 79.8 Å². The number of nitrogens with zero attached hydrogens (tertiary/aromatic N) is 3. The van der Waals surface area contributed by atoms with Crippen LogP contribution in [0.1, 0.15) is 50.7 Å². The Morgan fingerprint density at radius 2 is 1.67 bits per heavy atom. The van der Waals surface area contributed by atoms with Crippen LogP contribution in [0.3, 0.4) is 0 Å². The molecule has 2 aliphatic heterocycles. The van der Waals surface area contributed by atoms with E-state index in [1.165, 1.54) is 63.2 Å². The van der Waals surface area contributed by atoms with Gasteiger partial charge >= 0.3 is 0 Å². The van der Waals surface area contributed by atoms with Gasteiger partial charge in [-0.1, -0.05) is 45.0 Å². The first-order chi connectivity index (χ1) is 13.1. The minimum Gasteiger partial charge on any atom is -0.377 e. The van der Waals surface area contributed by atoms with Crippen molar-refractivity contribution >= 4 is 0 Å². The van der Waals surface area contributed by atoms with Gasteiger partial charge in [-0.2, -0.15) is 0 Å². The van der Waals surface area contributed by atoms with Crippen LogP contribution in [0.4, 0.5) is 0 Å². The molecule has 2 saturated heterocycles. The lowest BCUT2D eigenvalue weighted by Crippen LogP contribution is -2.46. The molecule has 0 N–H and O–H groups in total. The lowest BCUT2D eigenvalue weighted by Gasteiger charge is -2.34. The van der Waals surface area contributed by atoms with Crippen molar-refractivity contribution in [1.82, 2.24) is 14.7 Å². The van der Waals surface area contributed by atoms with Gasteiger partial charge in [-0.25, -0.2) is 0 Å². The van der Waals surface area contributed by atoms with E-state index in [9.17, 15) is 0 Å². The van der Waals surface area contributed by atoms with Gasteiger partial charge in [0.15, 0.2) is 0 Å². The molecule has 2 aliphatic rings. The zero-order valence-electron chi connectivity index (χ0n) is 17.7. The van der Waals surface area contributed by atoms with Crippen molar-refractivity contribution in [3.05, 3.63) is 35.4 Å². The summed E-state index contributed by atoms with van der Waals surface area (Å²) < 4.78 is 6.07. The molecule has 0 amide bonds. The second-order valence-electron chi connectivity index (χ2n) is 8.54. The third kappa shape index (κ3) is 6.56. The maximum absolute atomic E-state index is 6.07. The summed E-state index contributed by atoms with van der Waals surface area (Å²) in [4.78, 5) is 7.68. The van der Waals surface area contributed by atoms with Gasteiger partial charge in [0.25, 0.3) is 0 Å². The highest BCUT2D eigenvalue weighted by Crippen LogP contribution is 2.16. The van der Waals surface area contributed by atoms with Crippen LogP contribution >= 0.6 is 0 Å². The van der Waals surface area contributed by atoms with E-state index in [-0.39, 0.29) is 0 Å². The molecule has 0 radical (unpaired) electrons. The molecule has 0 aliphatic carbocycles. The quantitative estimate of drug-likeness (QED) is 0.617. The van der Waals surface area contributed by atoms with Gasteiger partial charge in [-0.3, -0.25) is 4.90 Å². The molecular formula is C23H39N3O. The van der Waals surface area contributed by atoms with Crippen molar-refractivity contribution in [3.8, 4) is 0 Å². The number of likely N-dealkylation sites (tertiary alicyclic amines) is 1. The van der Waals surface area contributed by atoms with E-state index < -0.39 is 0 Å². The van der Waals surface area contributed by atoms with Crippen molar-refractivity contribution < 1.29 is 4.74 Å². The van der Waals surface area contributed by atoms with Crippen LogP contribution in [0.25, 0.3) is 0 Å². The number of hydrogen-bond acceptors (Lipinski definition) is 4. The summed E-state index contributed by atoms with van der Waals surface area (Å²) in [6.45, 7) is 18.2. The fourth-order valence-corrected chi connectivity index (χ4v) is 4.20. The molecule has 0 saturated carbocycles. The molecule has 27 heavy (non-hydrogen) atoms. The second kappa shape index (κ2) is 10.6. The fraction of sp³-hybridized carbons (Fsp3) is 0.739. The molecule has 1 aromatic carbocycles. The highest BCUT2D eigenvalue weighted by atomic mass is 16.5. The zero-order chi connectivity index (χ0) is 19.1. The van der Waals surface area contributed by atoms with Gasteiger partial charge in [0.05, 0.1) is 6.10 Å². The summed E-state index contributed by atoms with van der Waals surface area (Å²) in [5, 5.41) is 0. The molecule has 0 bridgehead atoms. The number of ether oxygens (including phenoxy) is 1. The van der Waals surface area contributed by atoms with Crippen molar-refractivity contribution in [1.29, 1.82) is 0 Å². The van der Waals surface area contributed by atoms with E-state index >= 15 is 0 Å². The number of benzene rings is 1. The zero-order valence-corrected chi connectivity index (χ0v) is 17.7. The summed E-state index contributed by atoms with van der Waals surface area (Å²) in [7, 11) is 0. The first kappa shape index (κ1) is 20.8. The average Bonchev–Trinajstić information content (AvgIpc) is 3.15. The predicted octanol–water partition coefficient (Wildman–Crippen LogP) is 3.43. The molecule has 1 aromatic rings. The summed E-state index contributed by atoms with van der Waals surface area (Å²) >= 11 is 0. The third-order valence-corrected chi connectivity index (χ3v) is 6.17. The van der Waals surface area contributed by atoms with Gasteiger partial charge in [0.2, 0.25) is 0 Å². The summed E-state index contributed by atoms with van der Waals surface area (Å²) in [5.41, 5.74) is 2.88. The Labute approximate surface area is 166 Å². The van der Waals surface area contributed by atoms with E-state index in [0.717, 1.165) is 26.2 Å². The predicted molar refractivity (Wildman–Crippen MR) is 113 cm³/mol. The highest BCUT2D eigenvalue weighted by molar-refractivity contribution is 5.24. The molecule has 0 aromatic heterocycles. The summed E-state index contributed by atoms with van der Waals surface area (Å²) in [6.07, 6.45) is 2.85. The third-order valence-electron chi connectivity index (χ3n) is 6.17. The van der Waals surface area contributed by atoms with E-state index in [0.29, 0.717) is 12.0 Å². The molecule has 3 rings (SSSR count). The largest absolute Gasteiger partial charge is 0.377 e. The molecule has 2 fully saturated rings. The van der Waals surface area contributed by atoms with Crippen LogP contribution in [0.5, 0.6) is 0 Å². The smallest absolute Gasteiger partial charge is 0.0714 e. The van der Waals surface area contributed by atoms with E-state index in [1.54, 1.807) is 0 Å². The molecule has 4 heteroatoms. The monoisotopic (exact) mass is 373 g/mol. The lowest BCUT2D eigenvalue weighted by atomic mass is 10.0. The van der Waals surface area contributed by atoms with Crippen LogP contribution in [0, 0.1) is 0 Å². The Hall–Kier alpha value is -0.940. The minimum atomic E-state index is 0.476. The molecule has 2 heterocycles. The summed E-state index contributed by atoms with van der Waals surface area (Å²) in [5.74, 6) is 0.617. The number of rotatable bonds is 9. The Kier molecular flexibility index (Phi) is 8.13. The second-order valence-corrected chi connectivity index (χ2v) is 8.54. The van der Waals surface area contributed by atoms with Crippen LogP contribution in [-0.2, 0) is 11.3 Å². The molecular weight excluding hydrogens is 334 g/mol. The van der Waals surface area contributed by atoms with Gasteiger partial charge in [0, 0.05) is 59.0 Å². The maximum Gasteiger partial charge on any atom is 0.0714 e. The van der Waals surface area contributed by atoms with E-state index in [2.05, 4.69) is 59.7 Å². The first-order valence-corrected chi connectivity index (χ1v) is 11.0. The molecule has 152 valence electrons. The Balaban J connectivity index is 1.27. The Morgan fingerprint density at radius 3 is 2.30 bits per heavy atom. The highest BCUT2D eigenvalue weighted by Gasteiger charge is 2.21. The van der Waals surface area contributed by atoms with Gasteiger partial charge < -0.3 is 14.5 Å². The van der Waals surface area contributed by atoms with Gasteiger partial charge in [-0.05, 0) is 36.4 Å². The molecule has 0 unspecified atom stereocenters. The maximum atomic E-state index is 6.07.